The number of hydrogen-bond acceptors (Lipinski definition) is 8. The van der Waals surface area contributed by atoms with Crippen LogP contribution < -0.4 is 14.8 Å². The molecule has 0 aliphatic rings. The van der Waals surface area contributed by atoms with Crippen LogP contribution in [0.3, 0.4) is 0 Å². The van der Waals surface area contributed by atoms with E-state index in [0.717, 1.165) is 15.7 Å². The smallest absolute Gasteiger partial charge is 0.311 e. The molecule has 0 spiro atoms. The molecule has 39 heavy (non-hydrogen) atoms. The lowest BCUT2D eigenvalue weighted by molar-refractivity contribution is -0.385. The molecule has 0 saturated heterocycles. The maximum absolute atomic E-state index is 13.3. The van der Waals surface area contributed by atoms with Gasteiger partial charge in [0, 0.05) is 33.4 Å². The van der Waals surface area contributed by atoms with Crippen LogP contribution in [-0.4, -0.2) is 36.4 Å². The zero-order valence-corrected chi connectivity index (χ0v) is 22.6. The molecule has 3 heterocycles. The van der Waals surface area contributed by atoms with Gasteiger partial charge in [-0.15, -0.1) is 5.10 Å². The fourth-order valence-electron chi connectivity index (χ4n) is 4.11. The molecule has 6 rings (SSSR count). The van der Waals surface area contributed by atoms with E-state index in [1.807, 2.05) is 54.6 Å². The van der Waals surface area contributed by atoms with Crippen LogP contribution in [0.1, 0.15) is 5.56 Å². The summed E-state index contributed by atoms with van der Waals surface area (Å²) in [5.41, 5.74) is 2.68. The van der Waals surface area contributed by atoms with Gasteiger partial charge in [-0.3, -0.25) is 14.9 Å². The van der Waals surface area contributed by atoms with Gasteiger partial charge >= 0.3 is 5.69 Å². The topological polar surface area (TPSA) is 117 Å². The second kappa shape index (κ2) is 9.89. The van der Waals surface area contributed by atoms with Crippen molar-refractivity contribution in [2.24, 2.45) is 0 Å². The Morgan fingerprint density at radius 3 is 2.46 bits per heavy atom. The van der Waals surface area contributed by atoms with Crippen molar-refractivity contribution in [1.82, 2.24) is 24.4 Å². The standard InChI is InChI=1S/C27H17BrN6O4S/c1-38-22-12-9-17(13-21(22)34(36)37)24-18(15-32(30-24)20-5-3-2-4-6-20)14-23-26(35)33-27(39-23)29-25(31-33)16-7-10-19(28)11-8-16/h2-15H,1H3/b23-14-. The van der Waals surface area contributed by atoms with Crippen LogP contribution in [0.15, 0.2) is 88.3 Å². The minimum Gasteiger partial charge on any atom is -0.490 e. The first kappa shape index (κ1) is 24.6. The summed E-state index contributed by atoms with van der Waals surface area (Å²) in [6, 6.07) is 21.6. The summed E-state index contributed by atoms with van der Waals surface area (Å²) >= 11 is 4.62. The fraction of sp³-hybridized carbons (Fsp3) is 0.0370. The van der Waals surface area contributed by atoms with Gasteiger partial charge in [-0.25, -0.2) is 4.68 Å². The number of hydrogen-bond donors (Lipinski definition) is 0. The molecule has 0 bridgehead atoms. The summed E-state index contributed by atoms with van der Waals surface area (Å²) < 4.78 is 9.45. The van der Waals surface area contributed by atoms with Gasteiger partial charge in [0.05, 0.1) is 22.3 Å². The van der Waals surface area contributed by atoms with Crippen LogP contribution >= 0.6 is 27.3 Å². The number of nitro benzene ring substituents is 1. The van der Waals surface area contributed by atoms with Gasteiger partial charge in [-0.05, 0) is 42.5 Å². The maximum Gasteiger partial charge on any atom is 0.311 e. The van der Waals surface area contributed by atoms with Crippen molar-refractivity contribution >= 4 is 44.0 Å². The van der Waals surface area contributed by atoms with Crippen molar-refractivity contribution in [3.63, 3.8) is 0 Å². The van der Waals surface area contributed by atoms with Crippen LogP contribution in [0.25, 0.3) is 39.4 Å². The molecule has 0 radical (unpaired) electrons. The molecule has 12 heteroatoms. The third-order valence-electron chi connectivity index (χ3n) is 5.98. The van der Waals surface area contributed by atoms with Crippen molar-refractivity contribution in [3.05, 3.63) is 114 Å². The van der Waals surface area contributed by atoms with E-state index in [0.29, 0.717) is 32.1 Å². The van der Waals surface area contributed by atoms with E-state index >= 15 is 0 Å². The highest BCUT2D eigenvalue weighted by Gasteiger charge is 2.20. The van der Waals surface area contributed by atoms with Crippen molar-refractivity contribution in [2.75, 3.05) is 7.11 Å². The molecule has 0 aliphatic carbocycles. The molecule has 3 aromatic heterocycles. The van der Waals surface area contributed by atoms with Gasteiger partial charge < -0.3 is 4.74 Å². The molecule has 192 valence electrons. The molecule has 0 aliphatic heterocycles. The molecule has 0 fully saturated rings. The highest BCUT2D eigenvalue weighted by atomic mass is 79.9. The average Bonchev–Trinajstić information content (AvgIpc) is 3.64. The second-order valence-corrected chi connectivity index (χ2v) is 10.3. The molecule has 0 unspecified atom stereocenters. The predicted molar refractivity (Wildman–Crippen MR) is 151 cm³/mol. The van der Waals surface area contributed by atoms with E-state index in [1.54, 1.807) is 23.0 Å². The Labute approximate surface area is 232 Å². The zero-order chi connectivity index (χ0) is 27.1. The monoisotopic (exact) mass is 600 g/mol. The van der Waals surface area contributed by atoms with E-state index in [1.165, 1.54) is 35.1 Å². The third-order valence-corrected chi connectivity index (χ3v) is 7.47. The Kier molecular flexibility index (Phi) is 6.25. The van der Waals surface area contributed by atoms with E-state index in [2.05, 4.69) is 26.0 Å². The van der Waals surface area contributed by atoms with Crippen molar-refractivity contribution in [3.8, 4) is 34.1 Å². The van der Waals surface area contributed by atoms with Crippen LogP contribution in [0, 0.1) is 10.1 Å². The Balaban J connectivity index is 1.50. The quantitative estimate of drug-likeness (QED) is 0.197. The summed E-state index contributed by atoms with van der Waals surface area (Å²) in [5.74, 6) is 0.603. The summed E-state index contributed by atoms with van der Waals surface area (Å²) in [5, 5.41) is 20.8. The molecule has 0 N–H and O–H groups in total. The lowest BCUT2D eigenvalue weighted by Gasteiger charge is -2.04. The van der Waals surface area contributed by atoms with Crippen LogP contribution in [0.2, 0.25) is 0 Å². The highest BCUT2D eigenvalue weighted by Crippen LogP contribution is 2.33. The normalized spacial score (nSPS) is 11.8. The summed E-state index contributed by atoms with van der Waals surface area (Å²) in [7, 11) is 1.38. The summed E-state index contributed by atoms with van der Waals surface area (Å²) in [6.07, 6.45) is 3.49. The molecule has 3 aromatic carbocycles. The molecule has 6 aromatic rings. The molecule has 0 atom stereocenters. The first-order valence-electron chi connectivity index (χ1n) is 11.6. The number of fused-ring (bicyclic) bond motifs is 1. The summed E-state index contributed by atoms with van der Waals surface area (Å²) in [4.78, 5) is 29.4. The average molecular weight is 601 g/mol. The minimum atomic E-state index is -0.501. The lowest BCUT2D eigenvalue weighted by atomic mass is 10.1. The highest BCUT2D eigenvalue weighted by molar-refractivity contribution is 9.10. The zero-order valence-electron chi connectivity index (χ0n) is 20.2. The maximum atomic E-state index is 13.3. The summed E-state index contributed by atoms with van der Waals surface area (Å²) in [6.45, 7) is 0. The number of halogens is 1. The van der Waals surface area contributed by atoms with Crippen LogP contribution in [0.5, 0.6) is 5.75 Å². The fourth-order valence-corrected chi connectivity index (χ4v) is 5.27. The van der Waals surface area contributed by atoms with E-state index in [9.17, 15) is 14.9 Å². The minimum absolute atomic E-state index is 0.144. The van der Waals surface area contributed by atoms with Gasteiger partial charge in [0.2, 0.25) is 4.96 Å². The van der Waals surface area contributed by atoms with Gasteiger partial charge in [-0.2, -0.15) is 14.6 Å². The number of aromatic nitrogens is 5. The Morgan fingerprint density at radius 2 is 1.77 bits per heavy atom. The van der Waals surface area contributed by atoms with E-state index in [4.69, 9.17) is 9.84 Å². The van der Waals surface area contributed by atoms with Gasteiger partial charge in [0.15, 0.2) is 11.6 Å². The second-order valence-electron chi connectivity index (χ2n) is 8.41. The van der Waals surface area contributed by atoms with Gasteiger partial charge in [-0.1, -0.05) is 57.6 Å². The predicted octanol–water partition coefficient (Wildman–Crippen LogP) is 4.90. The van der Waals surface area contributed by atoms with E-state index in [-0.39, 0.29) is 17.0 Å². The number of ether oxygens (including phenoxy) is 1. The van der Waals surface area contributed by atoms with E-state index < -0.39 is 4.92 Å². The largest absolute Gasteiger partial charge is 0.490 e. The molecule has 10 nitrogen and oxygen atoms in total. The molecular weight excluding hydrogens is 584 g/mol. The number of methoxy groups -OCH3 is 1. The third kappa shape index (κ3) is 4.60. The Bertz CT molecular complexity index is 1970. The number of para-hydroxylation sites is 1. The number of benzene rings is 3. The SMILES string of the molecule is COc1ccc(-c2nn(-c3ccccc3)cc2/C=c2\sc3nc(-c4ccc(Br)cc4)nn3c2=O)cc1[N+](=O)[O-]. The van der Waals surface area contributed by atoms with Crippen LogP contribution in [0.4, 0.5) is 5.69 Å². The number of thiazole rings is 1. The molecular formula is C27H17BrN6O4S. The molecule has 0 saturated carbocycles. The van der Waals surface area contributed by atoms with Crippen molar-refractivity contribution in [1.29, 1.82) is 0 Å². The molecule has 0 amide bonds. The van der Waals surface area contributed by atoms with Gasteiger partial charge in [0.25, 0.3) is 5.56 Å². The van der Waals surface area contributed by atoms with Crippen molar-refractivity contribution in [2.45, 2.75) is 0 Å². The lowest BCUT2D eigenvalue weighted by Crippen LogP contribution is -2.23. The number of nitro groups is 1. The van der Waals surface area contributed by atoms with Gasteiger partial charge in [0.1, 0.15) is 5.69 Å². The number of nitrogens with zero attached hydrogens (tertiary/aromatic N) is 6. The Hall–Kier alpha value is -4.68. The number of rotatable bonds is 6. The Morgan fingerprint density at radius 1 is 1.03 bits per heavy atom. The van der Waals surface area contributed by atoms with Crippen molar-refractivity contribution < 1.29 is 9.66 Å². The van der Waals surface area contributed by atoms with Crippen LogP contribution in [-0.2, 0) is 0 Å². The first-order chi connectivity index (χ1) is 18.9. The first-order valence-corrected chi connectivity index (χ1v) is 13.2.